The number of fused-ring (bicyclic) bond motifs is 1. The molecule has 0 amide bonds. The molecule has 2 N–H and O–H groups in total. The summed E-state index contributed by atoms with van der Waals surface area (Å²) < 4.78 is 27.4. The zero-order chi connectivity index (χ0) is 14.0. The molecule has 0 spiro atoms. The Balaban J connectivity index is 1.73. The van der Waals surface area contributed by atoms with Gasteiger partial charge in [0.1, 0.15) is 0 Å². The molecule has 2 aliphatic rings. The number of hydrogen-bond donors (Lipinski definition) is 2. The van der Waals surface area contributed by atoms with Crippen molar-refractivity contribution in [2.24, 2.45) is 5.92 Å². The van der Waals surface area contributed by atoms with Gasteiger partial charge in [-0.15, -0.1) is 0 Å². The molecular formula is C15H22N2O2S. The van der Waals surface area contributed by atoms with Crippen molar-refractivity contribution in [3.63, 3.8) is 0 Å². The molecular weight excluding hydrogens is 272 g/mol. The summed E-state index contributed by atoms with van der Waals surface area (Å²) in [5.74, 6) is 0.514. The molecule has 110 valence electrons. The molecule has 3 rings (SSSR count). The Morgan fingerprint density at radius 1 is 1.20 bits per heavy atom. The zero-order valence-electron chi connectivity index (χ0n) is 11.7. The Bertz CT molecular complexity index is 578. The van der Waals surface area contributed by atoms with Crippen molar-refractivity contribution in [1.82, 2.24) is 4.72 Å². The minimum atomic E-state index is -3.37. The SMILES string of the molecule is O=S(=O)(NCC1CCCC1)c1ccc2c(c1)NCCC2. The van der Waals surface area contributed by atoms with Gasteiger partial charge < -0.3 is 5.32 Å². The number of anilines is 1. The molecule has 0 saturated heterocycles. The molecule has 1 heterocycles. The fraction of sp³-hybridized carbons (Fsp3) is 0.600. The van der Waals surface area contributed by atoms with Gasteiger partial charge in [0.05, 0.1) is 4.90 Å². The largest absolute Gasteiger partial charge is 0.385 e. The van der Waals surface area contributed by atoms with Crippen molar-refractivity contribution in [1.29, 1.82) is 0 Å². The number of benzene rings is 1. The molecule has 1 fully saturated rings. The lowest BCUT2D eigenvalue weighted by Gasteiger charge is -2.19. The van der Waals surface area contributed by atoms with Crippen LogP contribution in [0.15, 0.2) is 23.1 Å². The minimum absolute atomic E-state index is 0.378. The first-order valence-corrected chi connectivity index (χ1v) is 9.00. The lowest BCUT2D eigenvalue weighted by atomic mass is 10.0. The van der Waals surface area contributed by atoms with Crippen LogP contribution < -0.4 is 10.0 Å². The highest BCUT2D eigenvalue weighted by atomic mass is 32.2. The molecule has 0 atom stereocenters. The third kappa shape index (κ3) is 2.99. The molecule has 1 aromatic carbocycles. The number of rotatable bonds is 4. The van der Waals surface area contributed by atoms with Crippen LogP contribution in [0.25, 0.3) is 0 Å². The maximum absolute atomic E-state index is 12.3. The highest BCUT2D eigenvalue weighted by Crippen LogP contribution is 2.26. The van der Waals surface area contributed by atoms with E-state index in [1.54, 1.807) is 12.1 Å². The third-order valence-corrected chi connectivity index (χ3v) is 5.79. The maximum Gasteiger partial charge on any atom is 0.240 e. The number of hydrogen-bond acceptors (Lipinski definition) is 3. The Morgan fingerprint density at radius 2 is 2.00 bits per heavy atom. The van der Waals surface area contributed by atoms with Gasteiger partial charge in [-0.05, 0) is 49.3 Å². The van der Waals surface area contributed by atoms with E-state index in [1.807, 2.05) is 6.07 Å². The lowest BCUT2D eigenvalue weighted by Crippen LogP contribution is -2.28. The average Bonchev–Trinajstić information content (AvgIpc) is 2.98. The predicted molar refractivity (Wildman–Crippen MR) is 80.4 cm³/mol. The van der Waals surface area contributed by atoms with Gasteiger partial charge in [0, 0.05) is 18.8 Å². The number of aryl methyl sites for hydroxylation is 1. The fourth-order valence-corrected chi connectivity index (χ4v) is 4.27. The minimum Gasteiger partial charge on any atom is -0.385 e. The first kappa shape index (κ1) is 13.9. The molecule has 0 bridgehead atoms. The zero-order valence-corrected chi connectivity index (χ0v) is 12.5. The third-order valence-electron chi connectivity index (χ3n) is 4.37. The molecule has 1 aromatic rings. The van der Waals surface area contributed by atoms with E-state index in [0.717, 1.165) is 37.9 Å². The molecule has 20 heavy (non-hydrogen) atoms. The normalized spacial score (nSPS) is 19.6. The summed E-state index contributed by atoms with van der Waals surface area (Å²) in [7, 11) is -3.37. The van der Waals surface area contributed by atoms with Crippen LogP contribution in [-0.2, 0) is 16.4 Å². The van der Waals surface area contributed by atoms with Gasteiger partial charge in [0.25, 0.3) is 0 Å². The average molecular weight is 294 g/mol. The molecule has 1 aliphatic heterocycles. The van der Waals surface area contributed by atoms with E-state index in [4.69, 9.17) is 0 Å². The predicted octanol–water partition coefficient (Wildman–Crippen LogP) is 2.51. The van der Waals surface area contributed by atoms with Crippen LogP contribution in [0.2, 0.25) is 0 Å². The maximum atomic E-state index is 12.3. The van der Waals surface area contributed by atoms with Crippen LogP contribution in [-0.4, -0.2) is 21.5 Å². The van der Waals surface area contributed by atoms with Gasteiger partial charge in [0.2, 0.25) is 10.0 Å². The van der Waals surface area contributed by atoms with Crippen LogP contribution in [0.1, 0.15) is 37.7 Å². The number of nitrogens with one attached hydrogen (secondary N) is 2. The summed E-state index contributed by atoms with van der Waals surface area (Å²) in [6.07, 6.45) is 6.89. The van der Waals surface area contributed by atoms with Crippen LogP contribution >= 0.6 is 0 Å². The number of sulfonamides is 1. The summed E-state index contributed by atoms with van der Waals surface area (Å²) in [4.78, 5) is 0.378. The van der Waals surface area contributed by atoms with Gasteiger partial charge in [-0.3, -0.25) is 0 Å². The van der Waals surface area contributed by atoms with Crippen molar-refractivity contribution < 1.29 is 8.42 Å². The summed E-state index contributed by atoms with van der Waals surface area (Å²) in [5, 5.41) is 3.28. The standard InChI is InChI=1S/C15H22N2O2S/c18-20(19,17-11-12-4-1-2-5-12)14-8-7-13-6-3-9-16-15(13)10-14/h7-8,10,12,16-17H,1-6,9,11H2. The van der Waals surface area contributed by atoms with Crippen LogP contribution in [0.3, 0.4) is 0 Å². The second-order valence-corrected chi connectivity index (χ2v) is 7.62. The van der Waals surface area contributed by atoms with E-state index in [0.29, 0.717) is 17.4 Å². The van der Waals surface area contributed by atoms with Crippen molar-refractivity contribution in [3.05, 3.63) is 23.8 Å². The van der Waals surface area contributed by atoms with E-state index >= 15 is 0 Å². The summed E-state index contributed by atoms with van der Waals surface area (Å²) >= 11 is 0. The fourth-order valence-electron chi connectivity index (χ4n) is 3.13. The van der Waals surface area contributed by atoms with Crippen LogP contribution in [0.5, 0.6) is 0 Å². The summed E-state index contributed by atoms with van der Waals surface area (Å²) in [5.41, 5.74) is 2.19. The summed E-state index contributed by atoms with van der Waals surface area (Å²) in [6.45, 7) is 1.50. The Labute approximate surface area is 121 Å². The van der Waals surface area contributed by atoms with Crippen molar-refractivity contribution in [2.75, 3.05) is 18.4 Å². The molecule has 0 aromatic heterocycles. The monoisotopic (exact) mass is 294 g/mol. The topological polar surface area (TPSA) is 58.2 Å². The lowest BCUT2D eigenvalue weighted by molar-refractivity contribution is 0.519. The van der Waals surface area contributed by atoms with Crippen molar-refractivity contribution >= 4 is 15.7 Å². The molecule has 0 unspecified atom stereocenters. The van der Waals surface area contributed by atoms with E-state index < -0.39 is 10.0 Å². The van der Waals surface area contributed by atoms with E-state index in [1.165, 1.54) is 18.4 Å². The van der Waals surface area contributed by atoms with Crippen LogP contribution in [0.4, 0.5) is 5.69 Å². The van der Waals surface area contributed by atoms with Crippen molar-refractivity contribution in [2.45, 2.75) is 43.4 Å². The molecule has 1 aliphatic carbocycles. The van der Waals surface area contributed by atoms with E-state index in [9.17, 15) is 8.42 Å². The first-order chi connectivity index (χ1) is 9.65. The molecule has 5 heteroatoms. The Hall–Kier alpha value is -1.07. The molecule has 0 radical (unpaired) electrons. The Kier molecular flexibility index (Phi) is 3.98. The highest BCUT2D eigenvalue weighted by Gasteiger charge is 2.21. The molecule has 4 nitrogen and oxygen atoms in total. The van der Waals surface area contributed by atoms with Gasteiger partial charge in [0.15, 0.2) is 0 Å². The van der Waals surface area contributed by atoms with Crippen molar-refractivity contribution in [3.8, 4) is 0 Å². The van der Waals surface area contributed by atoms with Gasteiger partial charge in [-0.1, -0.05) is 18.9 Å². The van der Waals surface area contributed by atoms with Gasteiger partial charge in [-0.25, -0.2) is 13.1 Å². The van der Waals surface area contributed by atoms with Gasteiger partial charge in [-0.2, -0.15) is 0 Å². The molecule has 1 saturated carbocycles. The smallest absolute Gasteiger partial charge is 0.240 e. The second-order valence-electron chi connectivity index (χ2n) is 5.85. The van der Waals surface area contributed by atoms with E-state index in [-0.39, 0.29) is 0 Å². The quantitative estimate of drug-likeness (QED) is 0.897. The second kappa shape index (κ2) is 5.74. The van der Waals surface area contributed by atoms with E-state index in [2.05, 4.69) is 10.0 Å². The summed E-state index contributed by atoms with van der Waals surface area (Å²) in [6, 6.07) is 5.43. The van der Waals surface area contributed by atoms with Crippen LogP contribution in [0, 0.1) is 5.92 Å². The van der Waals surface area contributed by atoms with Gasteiger partial charge >= 0.3 is 0 Å². The Morgan fingerprint density at radius 3 is 2.80 bits per heavy atom. The highest BCUT2D eigenvalue weighted by molar-refractivity contribution is 7.89. The first-order valence-electron chi connectivity index (χ1n) is 7.52.